The van der Waals surface area contributed by atoms with Crippen LogP contribution in [0, 0.1) is 0 Å². The SMILES string of the molecule is CCS(C)(O)c1nc2ccc(OC)cc2[nH]1.CCSc1nc2ccc(OC)cc2[nH]1.I.II. The maximum Gasteiger partial charge on any atom is 0.171 e. The molecule has 1 atom stereocenters. The van der Waals surface area contributed by atoms with E-state index in [4.69, 9.17) is 9.47 Å². The van der Waals surface area contributed by atoms with Crippen molar-refractivity contribution in [2.75, 3.05) is 32.0 Å². The summed E-state index contributed by atoms with van der Waals surface area (Å²) in [4.78, 5) is 15.2. The van der Waals surface area contributed by atoms with Crippen molar-refractivity contribution in [3.05, 3.63) is 36.4 Å². The third-order valence-corrected chi connectivity index (χ3v) is 7.50. The number of thioether (sulfide) groups is 1. The monoisotopic (exact) mass is 830 g/mol. The molecule has 0 bridgehead atoms. The summed E-state index contributed by atoms with van der Waals surface area (Å²) in [6, 6.07) is 11.5. The first-order chi connectivity index (χ1) is 15.4. The van der Waals surface area contributed by atoms with E-state index in [9.17, 15) is 4.55 Å². The second-order valence-corrected chi connectivity index (χ2v) is 10.9. The molecule has 0 radical (unpaired) electrons. The highest BCUT2D eigenvalue weighted by atomic mass is 128. The minimum atomic E-state index is -1.79. The number of halogens is 3. The number of benzene rings is 2. The number of imidazole rings is 2. The highest BCUT2D eigenvalue weighted by Crippen LogP contribution is 2.46. The van der Waals surface area contributed by atoms with Gasteiger partial charge in [0, 0.05) is 55.1 Å². The van der Waals surface area contributed by atoms with Crippen molar-refractivity contribution in [2.45, 2.75) is 24.2 Å². The van der Waals surface area contributed by atoms with Crippen LogP contribution < -0.4 is 9.47 Å². The fourth-order valence-corrected chi connectivity index (χ4v) is 4.25. The average molecular weight is 830 g/mol. The smallest absolute Gasteiger partial charge is 0.171 e. The lowest BCUT2D eigenvalue weighted by Crippen LogP contribution is -2.01. The number of aromatic nitrogens is 4. The summed E-state index contributed by atoms with van der Waals surface area (Å²) in [5.74, 6) is 3.36. The van der Waals surface area contributed by atoms with Crippen LogP contribution in [0.15, 0.2) is 46.7 Å². The van der Waals surface area contributed by atoms with Crippen molar-refractivity contribution in [3.8, 4) is 11.5 Å². The Hall–Kier alpha value is -0.170. The van der Waals surface area contributed by atoms with E-state index in [0.717, 1.165) is 44.5 Å². The molecule has 0 fully saturated rings. The Morgan fingerprint density at radius 1 is 0.939 bits per heavy atom. The van der Waals surface area contributed by atoms with Crippen molar-refractivity contribution < 1.29 is 14.0 Å². The van der Waals surface area contributed by atoms with Gasteiger partial charge in [-0.05, 0) is 36.3 Å². The number of methoxy groups -OCH3 is 2. The number of H-pyrrole nitrogens is 2. The Bertz CT molecular complexity index is 1140. The zero-order valence-corrected chi connectivity index (χ0v) is 27.3. The van der Waals surface area contributed by atoms with E-state index in [2.05, 4.69) is 64.1 Å². The number of hydrogen-bond donors (Lipinski definition) is 3. The number of fused-ring (bicyclic) bond motifs is 2. The molecule has 7 nitrogen and oxygen atoms in total. The summed E-state index contributed by atoms with van der Waals surface area (Å²) in [5, 5.41) is 1.65. The van der Waals surface area contributed by atoms with Gasteiger partial charge in [0.25, 0.3) is 0 Å². The highest BCUT2D eigenvalue weighted by Gasteiger charge is 2.19. The molecule has 184 valence electrons. The molecule has 4 rings (SSSR count). The van der Waals surface area contributed by atoms with E-state index in [1.165, 1.54) is 0 Å². The number of nitrogens with one attached hydrogen (secondary N) is 2. The molecule has 0 saturated carbocycles. The van der Waals surface area contributed by atoms with Gasteiger partial charge in [-0.1, -0.05) is 35.9 Å². The molecule has 33 heavy (non-hydrogen) atoms. The molecule has 0 spiro atoms. The van der Waals surface area contributed by atoms with Crippen molar-refractivity contribution in [1.29, 1.82) is 0 Å². The molecule has 12 heteroatoms. The van der Waals surface area contributed by atoms with Crippen LogP contribution in [0.5, 0.6) is 11.5 Å². The van der Waals surface area contributed by atoms with E-state index in [1.807, 2.05) is 49.6 Å². The summed E-state index contributed by atoms with van der Waals surface area (Å²) in [7, 11) is 1.51. The molecule has 0 aliphatic rings. The van der Waals surface area contributed by atoms with E-state index >= 15 is 0 Å². The van der Waals surface area contributed by atoms with Crippen LogP contribution in [0.1, 0.15) is 13.8 Å². The van der Waals surface area contributed by atoms with Gasteiger partial charge in [0.2, 0.25) is 0 Å². The van der Waals surface area contributed by atoms with E-state index < -0.39 is 10.3 Å². The van der Waals surface area contributed by atoms with Crippen molar-refractivity contribution in [1.82, 2.24) is 19.9 Å². The van der Waals surface area contributed by atoms with Crippen molar-refractivity contribution in [2.24, 2.45) is 0 Å². The van der Waals surface area contributed by atoms with Crippen LogP contribution in [0.2, 0.25) is 0 Å². The molecule has 2 heterocycles. The summed E-state index contributed by atoms with van der Waals surface area (Å²) < 4.78 is 20.5. The number of rotatable bonds is 6. The van der Waals surface area contributed by atoms with Crippen LogP contribution in [0.4, 0.5) is 0 Å². The van der Waals surface area contributed by atoms with Gasteiger partial charge in [-0.3, -0.25) is 0 Å². The maximum atomic E-state index is 10.2. The lowest BCUT2D eigenvalue weighted by atomic mass is 10.3. The zero-order valence-electron chi connectivity index (χ0n) is 19.0. The van der Waals surface area contributed by atoms with Crippen LogP contribution in [-0.4, -0.2) is 56.5 Å². The largest absolute Gasteiger partial charge is 0.497 e. The third-order valence-electron chi connectivity index (χ3n) is 4.59. The Labute approximate surface area is 240 Å². The molecule has 0 aliphatic heterocycles. The number of nitrogens with zero attached hydrogens (tertiary/aromatic N) is 2. The summed E-state index contributed by atoms with van der Waals surface area (Å²) >= 11 is 5.95. The molecule has 4 aromatic rings. The first-order valence-corrected chi connectivity index (χ1v) is 19.2. The van der Waals surface area contributed by atoms with Crippen molar-refractivity contribution in [3.63, 3.8) is 0 Å². The summed E-state index contributed by atoms with van der Waals surface area (Å²) in [6.45, 7) is 4.07. The van der Waals surface area contributed by atoms with Crippen LogP contribution >= 0.6 is 83.3 Å². The van der Waals surface area contributed by atoms with Gasteiger partial charge in [0.1, 0.15) is 11.5 Å². The minimum Gasteiger partial charge on any atom is -0.497 e. The van der Waals surface area contributed by atoms with E-state index in [1.54, 1.807) is 26.0 Å². The van der Waals surface area contributed by atoms with Crippen LogP contribution in [0.3, 0.4) is 0 Å². The van der Waals surface area contributed by atoms with E-state index in [-0.39, 0.29) is 24.0 Å². The first kappa shape index (κ1) is 30.9. The Kier molecular flexibility index (Phi) is 14.1. The van der Waals surface area contributed by atoms with Gasteiger partial charge in [-0.25, -0.2) is 9.97 Å². The fraction of sp³-hybridized carbons (Fsp3) is 0.333. The topological polar surface area (TPSA) is 96.1 Å². The van der Waals surface area contributed by atoms with Gasteiger partial charge in [0.15, 0.2) is 10.3 Å². The van der Waals surface area contributed by atoms with Gasteiger partial charge in [0.05, 0.1) is 36.3 Å². The Balaban J connectivity index is 0.000000301. The predicted molar refractivity (Wildman–Crippen MR) is 170 cm³/mol. The molecule has 0 aliphatic carbocycles. The van der Waals surface area contributed by atoms with Gasteiger partial charge in [-0.2, -0.15) is 0 Å². The molecule has 3 N–H and O–H groups in total. The highest BCUT2D eigenvalue weighted by molar-refractivity contribution is 15.0. The minimum absolute atomic E-state index is 0. The van der Waals surface area contributed by atoms with Crippen LogP contribution in [-0.2, 0) is 0 Å². The standard InChI is InChI=1S/C11H16N2O2S.C10H12N2OS.I2.HI/c1-4-16(3,14)11-12-9-6-5-8(15-2)7-10(9)13-11;1-3-14-10-11-8-5-4-7(13-2)6-9(8)12-10;1-2;/h5-7,14H,4H2,1-3H3,(H,12,13);4-6H,3H2,1-2H3,(H,11,12);;1H. The van der Waals surface area contributed by atoms with E-state index in [0.29, 0.717) is 10.9 Å². The number of aromatic amines is 2. The molecule has 0 amide bonds. The Morgan fingerprint density at radius 3 is 1.94 bits per heavy atom. The second kappa shape index (κ2) is 15.1. The van der Waals surface area contributed by atoms with Gasteiger partial charge >= 0.3 is 0 Å². The molecular formula is C21H29I3N4O3S2. The molecule has 0 saturated heterocycles. The summed E-state index contributed by atoms with van der Waals surface area (Å²) in [6.07, 6.45) is 1.84. The molecule has 2 aromatic heterocycles. The maximum absolute atomic E-state index is 10.2. The van der Waals surface area contributed by atoms with Gasteiger partial charge in [-0.15, -0.1) is 24.0 Å². The summed E-state index contributed by atoms with van der Waals surface area (Å²) in [5.41, 5.74) is 3.77. The van der Waals surface area contributed by atoms with Crippen molar-refractivity contribution >= 4 is 105 Å². The average Bonchev–Trinajstić information content (AvgIpc) is 3.44. The normalized spacial score (nSPS) is 13.0. The lowest BCUT2D eigenvalue weighted by molar-refractivity contribution is 0.415. The second-order valence-electron chi connectivity index (χ2n) is 6.61. The number of ether oxygens (including phenoxy) is 2. The predicted octanol–water partition coefficient (Wildman–Crippen LogP) is 7.93. The lowest BCUT2D eigenvalue weighted by Gasteiger charge is -2.23. The Morgan fingerprint density at radius 2 is 1.45 bits per heavy atom. The fourth-order valence-electron chi connectivity index (χ4n) is 2.73. The number of hydrogen-bond acceptors (Lipinski definition) is 6. The quantitative estimate of drug-likeness (QED) is 0.135. The van der Waals surface area contributed by atoms with Gasteiger partial charge < -0.3 is 24.0 Å². The molecule has 1 unspecified atom stereocenters. The zero-order chi connectivity index (χ0) is 23.7. The molecule has 2 aromatic carbocycles. The van der Waals surface area contributed by atoms with Crippen LogP contribution in [0.25, 0.3) is 22.1 Å². The first-order valence-electron chi connectivity index (χ1n) is 9.73. The third kappa shape index (κ3) is 8.47. The molecular weight excluding hydrogens is 801 g/mol.